The highest BCUT2D eigenvalue weighted by molar-refractivity contribution is 7.90. The summed E-state index contributed by atoms with van der Waals surface area (Å²) < 4.78 is 28.7. The molecule has 0 amide bonds. The van der Waals surface area contributed by atoms with Crippen LogP contribution in [0.2, 0.25) is 0 Å². The average Bonchev–Trinajstić information content (AvgIpc) is 2.88. The zero-order valence-corrected chi connectivity index (χ0v) is 12.9. The molecule has 1 heterocycles. The molecule has 2 N–H and O–H groups in total. The molecule has 0 aliphatic carbocycles. The fraction of sp³-hybridized carbons (Fsp3) is 0.286. The number of hydrogen-bond acceptors (Lipinski definition) is 5. The second-order valence-corrected chi connectivity index (χ2v) is 7.49. The van der Waals surface area contributed by atoms with Crippen LogP contribution in [0.4, 0.5) is 0 Å². The fourth-order valence-corrected chi connectivity index (χ4v) is 3.14. The van der Waals surface area contributed by atoms with Crippen LogP contribution < -0.4 is 10.5 Å². The van der Waals surface area contributed by atoms with Gasteiger partial charge < -0.3 is 10.5 Å². The van der Waals surface area contributed by atoms with E-state index >= 15 is 0 Å². The molecule has 0 saturated heterocycles. The summed E-state index contributed by atoms with van der Waals surface area (Å²) in [7, 11) is -3.19. The molecule has 0 spiro atoms. The maximum absolute atomic E-state index is 11.4. The molecule has 0 aliphatic rings. The number of rotatable bonds is 5. The highest BCUT2D eigenvalue weighted by Gasteiger charge is 2.19. The summed E-state index contributed by atoms with van der Waals surface area (Å²) in [4.78, 5) is 0.276. The van der Waals surface area contributed by atoms with E-state index in [2.05, 4.69) is 0 Å². The Morgan fingerprint density at radius 1 is 1.20 bits per heavy atom. The molecule has 0 radical (unpaired) electrons. The Kier molecular flexibility index (Phi) is 4.47. The van der Waals surface area contributed by atoms with E-state index in [0.717, 1.165) is 5.56 Å². The minimum atomic E-state index is -3.19. The Morgan fingerprint density at radius 2 is 1.85 bits per heavy atom. The maximum Gasteiger partial charge on any atom is 0.175 e. The number of benzene rings is 1. The molecular formula is C14H17NO3S2. The first-order valence-electron chi connectivity index (χ1n) is 6.12. The van der Waals surface area contributed by atoms with E-state index in [-0.39, 0.29) is 17.0 Å². The summed E-state index contributed by atoms with van der Waals surface area (Å²) in [6, 6.07) is 8.19. The molecule has 0 aliphatic heterocycles. The van der Waals surface area contributed by atoms with E-state index in [1.165, 1.54) is 18.4 Å². The van der Waals surface area contributed by atoms with Crippen molar-refractivity contribution < 1.29 is 13.2 Å². The molecule has 2 rings (SSSR count). The first-order valence-corrected chi connectivity index (χ1v) is 8.96. The highest BCUT2D eigenvalue weighted by atomic mass is 32.2. The van der Waals surface area contributed by atoms with Crippen molar-refractivity contribution in [1.29, 1.82) is 0 Å². The lowest BCUT2D eigenvalue weighted by atomic mass is 10.1. The van der Waals surface area contributed by atoms with Gasteiger partial charge in [0.1, 0.15) is 11.9 Å². The number of sulfone groups is 1. The van der Waals surface area contributed by atoms with Crippen LogP contribution in [0.15, 0.2) is 46.0 Å². The van der Waals surface area contributed by atoms with Crippen molar-refractivity contribution in [2.45, 2.75) is 24.0 Å². The Balaban J connectivity index is 2.20. The minimum absolute atomic E-state index is 0.167. The van der Waals surface area contributed by atoms with Crippen molar-refractivity contribution >= 4 is 21.2 Å². The molecule has 108 valence electrons. The molecule has 2 unspecified atom stereocenters. The van der Waals surface area contributed by atoms with Crippen molar-refractivity contribution in [2.75, 3.05) is 6.26 Å². The molecule has 4 nitrogen and oxygen atoms in total. The summed E-state index contributed by atoms with van der Waals surface area (Å²) in [6.07, 6.45) is 0.934. The second kappa shape index (κ2) is 5.95. The third-order valence-corrected chi connectivity index (χ3v) is 4.69. The predicted octanol–water partition coefficient (Wildman–Crippen LogP) is 2.62. The molecule has 0 saturated carbocycles. The summed E-state index contributed by atoms with van der Waals surface area (Å²) in [5, 5.41) is 3.97. The van der Waals surface area contributed by atoms with Crippen molar-refractivity contribution in [1.82, 2.24) is 0 Å². The van der Waals surface area contributed by atoms with Gasteiger partial charge in [0.25, 0.3) is 0 Å². The topological polar surface area (TPSA) is 69.4 Å². The molecule has 2 aromatic rings. The number of hydrogen-bond donors (Lipinski definition) is 1. The lowest BCUT2D eigenvalue weighted by Gasteiger charge is -2.21. The van der Waals surface area contributed by atoms with E-state index < -0.39 is 9.84 Å². The predicted molar refractivity (Wildman–Crippen MR) is 80.9 cm³/mol. The number of thiophene rings is 1. The lowest BCUT2D eigenvalue weighted by molar-refractivity contribution is 0.181. The molecule has 1 aromatic carbocycles. The maximum atomic E-state index is 11.4. The largest absolute Gasteiger partial charge is 0.484 e. The van der Waals surface area contributed by atoms with Gasteiger partial charge in [0.15, 0.2) is 9.84 Å². The van der Waals surface area contributed by atoms with Crippen LogP contribution in [0.25, 0.3) is 0 Å². The van der Waals surface area contributed by atoms with E-state index in [0.29, 0.717) is 5.75 Å². The number of ether oxygens (including phenoxy) is 1. The van der Waals surface area contributed by atoms with Crippen molar-refractivity contribution in [3.63, 3.8) is 0 Å². The Bertz CT molecular complexity index is 646. The summed E-state index contributed by atoms with van der Waals surface area (Å²) >= 11 is 1.59. The van der Waals surface area contributed by atoms with Gasteiger partial charge in [-0.2, -0.15) is 11.3 Å². The smallest absolute Gasteiger partial charge is 0.175 e. The summed E-state index contributed by atoms with van der Waals surface area (Å²) in [5.74, 6) is 0.603. The molecule has 0 bridgehead atoms. The Morgan fingerprint density at radius 3 is 2.30 bits per heavy atom. The Labute approximate surface area is 123 Å². The van der Waals surface area contributed by atoms with Crippen LogP contribution in [-0.4, -0.2) is 20.7 Å². The van der Waals surface area contributed by atoms with Crippen LogP contribution in [0, 0.1) is 0 Å². The summed E-state index contributed by atoms with van der Waals surface area (Å²) in [6.45, 7) is 1.88. The van der Waals surface area contributed by atoms with Gasteiger partial charge in [0.2, 0.25) is 0 Å². The van der Waals surface area contributed by atoms with Gasteiger partial charge in [-0.25, -0.2) is 8.42 Å². The molecule has 2 atom stereocenters. The van der Waals surface area contributed by atoms with Crippen LogP contribution in [0.3, 0.4) is 0 Å². The first-order chi connectivity index (χ1) is 9.38. The zero-order valence-electron chi connectivity index (χ0n) is 11.3. The standard InChI is InChI=1S/C14H17NO3S2/c1-10(15)14(11-7-8-19-9-11)18-12-3-5-13(6-4-12)20(2,16)17/h3-10,14H,15H2,1-2H3. The quantitative estimate of drug-likeness (QED) is 0.921. The van der Waals surface area contributed by atoms with Crippen molar-refractivity contribution in [3.8, 4) is 5.75 Å². The van der Waals surface area contributed by atoms with Gasteiger partial charge in [-0.15, -0.1) is 0 Å². The van der Waals surface area contributed by atoms with E-state index in [1.807, 2.05) is 23.8 Å². The third kappa shape index (κ3) is 3.59. The van der Waals surface area contributed by atoms with E-state index in [9.17, 15) is 8.42 Å². The normalized spacial score (nSPS) is 14.8. The van der Waals surface area contributed by atoms with Gasteiger partial charge in [-0.1, -0.05) is 0 Å². The van der Waals surface area contributed by atoms with Crippen LogP contribution in [0.1, 0.15) is 18.6 Å². The molecule has 20 heavy (non-hydrogen) atoms. The van der Waals surface area contributed by atoms with Crippen LogP contribution in [-0.2, 0) is 9.84 Å². The van der Waals surface area contributed by atoms with E-state index in [1.54, 1.807) is 23.5 Å². The van der Waals surface area contributed by atoms with Gasteiger partial charge in [0, 0.05) is 17.9 Å². The molecule has 0 fully saturated rings. The van der Waals surface area contributed by atoms with Crippen LogP contribution in [0.5, 0.6) is 5.75 Å². The fourth-order valence-electron chi connectivity index (χ4n) is 1.83. The molecular weight excluding hydrogens is 294 g/mol. The minimum Gasteiger partial charge on any atom is -0.484 e. The molecule has 6 heteroatoms. The van der Waals surface area contributed by atoms with Gasteiger partial charge in [-0.05, 0) is 48.0 Å². The Hall–Kier alpha value is -1.37. The SMILES string of the molecule is CC(N)C(Oc1ccc(S(C)(=O)=O)cc1)c1ccsc1. The number of nitrogens with two attached hydrogens (primary N) is 1. The third-order valence-electron chi connectivity index (χ3n) is 2.86. The lowest BCUT2D eigenvalue weighted by Crippen LogP contribution is -2.28. The average molecular weight is 311 g/mol. The first kappa shape index (κ1) is 15.0. The monoisotopic (exact) mass is 311 g/mol. The highest BCUT2D eigenvalue weighted by Crippen LogP contribution is 2.26. The van der Waals surface area contributed by atoms with Crippen molar-refractivity contribution in [3.05, 3.63) is 46.7 Å². The van der Waals surface area contributed by atoms with Gasteiger partial charge >= 0.3 is 0 Å². The van der Waals surface area contributed by atoms with Crippen LogP contribution >= 0.6 is 11.3 Å². The molecule has 1 aromatic heterocycles. The van der Waals surface area contributed by atoms with Gasteiger partial charge in [0.05, 0.1) is 4.90 Å². The van der Waals surface area contributed by atoms with Crippen molar-refractivity contribution in [2.24, 2.45) is 5.73 Å². The second-order valence-electron chi connectivity index (χ2n) is 4.70. The zero-order chi connectivity index (χ0) is 14.8. The van der Waals surface area contributed by atoms with E-state index in [4.69, 9.17) is 10.5 Å². The summed E-state index contributed by atoms with van der Waals surface area (Å²) in [5.41, 5.74) is 6.98. The van der Waals surface area contributed by atoms with Gasteiger partial charge in [-0.3, -0.25) is 0 Å².